The molecule has 0 atom stereocenters. The molecule has 0 saturated carbocycles. The van der Waals surface area contributed by atoms with Crippen LogP contribution < -0.4 is 0 Å². The quantitative estimate of drug-likeness (QED) is 0.867. The Hall–Kier alpha value is -0.380. The number of carboxylic acids is 1. The van der Waals surface area contributed by atoms with Gasteiger partial charge in [0.15, 0.2) is 0 Å². The summed E-state index contributed by atoms with van der Waals surface area (Å²) in [4.78, 5) is 10.4. The second kappa shape index (κ2) is 5.43. The van der Waals surface area contributed by atoms with E-state index in [9.17, 15) is 13.2 Å². The average molecular weight is 360 g/mol. The van der Waals surface area contributed by atoms with Crippen LogP contribution in [0.4, 0.5) is 0 Å². The maximum absolute atomic E-state index is 12.3. The van der Waals surface area contributed by atoms with E-state index in [2.05, 4.69) is 0 Å². The van der Waals surface area contributed by atoms with Gasteiger partial charge in [-0.2, -0.15) is 4.31 Å². The van der Waals surface area contributed by atoms with Crippen LogP contribution in [0.5, 0.6) is 0 Å². The van der Waals surface area contributed by atoms with Crippen molar-refractivity contribution in [3.05, 3.63) is 14.7 Å². The van der Waals surface area contributed by atoms with Crippen molar-refractivity contribution < 1.29 is 23.1 Å². The molecule has 112 valence electrons. The van der Waals surface area contributed by atoms with Gasteiger partial charge in [-0.05, 0) is 13.0 Å². The first-order chi connectivity index (χ1) is 9.14. The molecule has 10 heteroatoms. The molecule has 1 N–H and O–H groups in total. The van der Waals surface area contributed by atoms with Crippen molar-refractivity contribution in [1.82, 2.24) is 4.31 Å². The molecule has 0 amide bonds. The van der Waals surface area contributed by atoms with Gasteiger partial charge >= 0.3 is 5.97 Å². The molecule has 1 fully saturated rings. The molecule has 2 rings (SSSR count). The van der Waals surface area contributed by atoms with Crippen LogP contribution in [0.1, 0.15) is 6.92 Å². The van der Waals surface area contributed by atoms with Gasteiger partial charge in [-0.15, -0.1) is 11.3 Å². The molecule has 0 radical (unpaired) electrons. The van der Waals surface area contributed by atoms with E-state index in [1.54, 1.807) is 6.92 Å². The molecule has 2 heterocycles. The second-order valence-electron chi connectivity index (χ2n) is 4.59. The van der Waals surface area contributed by atoms with Crippen molar-refractivity contribution in [2.24, 2.45) is 0 Å². The number of ether oxygens (including phenoxy) is 1. The van der Waals surface area contributed by atoms with Gasteiger partial charge in [-0.25, -0.2) is 13.2 Å². The molecule has 0 bridgehead atoms. The third-order valence-electron chi connectivity index (χ3n) is 2.81. The lowest BCUT2D eigenvalue weighted by molar-refractivity contribution is -0.157. The lowest BCUT2D eigenvalue weighted by atomic mass is 10.0. The summed E-state index contributed by atoms with van der Waals surface area (Å²) in [5.41, 5.74) is -0.794. The molecule has 0 spiro atoms. The maximum Gasteiger partial charge on any atom is 0.329 e. The van der Waals surface area contributed by atoms with Crippen LogP contribution in [0.15, 0.2) is 11.0 Å². The minimum absolute atomic E-state index is 0.0329. The zero-order chi connectivity index (χ0) is 15.1. The lowest BCUT2D eigenvalue weighted by Gasteiger charge is -2.45. The predicted molar refractivity (Wildman–Crippen MR) is 75.1 cm³/mol. The van der Waals surface area contributed by atoms with Gasteiger partial charge in [0, 0.05) is 13.1 Å². The highest BCUT2D eigenvalue weighted by atomic mass is 35.5. The number of hydrogen-bond acceptors (Lipinski definition) is 5. The molecule has 0 unspecified atom stereocenters. The van der Waals surface area contributed by atoms with Crippen molar-refractivity contribution in [2.75, 3.05) is 19.7 Å². The average Bonchev–Trinajstić information content (AvgIpc) is 2.62. The number of halogens is 2. The number of sulfonamides is 1. The summed E-state index contributed by atoms with van der Waals surface area (Å²) < 4.78 is 31.3. The summed E-state index contributed by atoms with van der Waals surface area (Å²) in [5.74, 6) is -1.10. The Balaban J connectivity index is 2.08. The molecule has 1 saturated heterocycles. The summed E-state index contributed by atoms with van der Waals surface area (Å²) in [6.45, 7) is 1.35. The van der Waals surface area contributed by atoms with E-state index in [1.165, 1.54) is 10.4 Å². The van der Waals surface area contributed by atoms with Crippen molar-refractivity contribution >= 4 is 50.5 Å². The van der Waals surface area contributed by atoms with Crippen LogP contribution in [0.2, 0.25) is 8.67 Å². The number of hydrogen-bond donors (Lipinski definition) is 1. The lowest BCUT2D eigenvalue weighted by Crippen LogP contribution is -2.63. The van der Waals surface area contributed by atoms with Crippen molar-refractivity contribution in [2.45, 2.75) is 17.4 Å². The molecular weight excluding hydrogens is 349 g/mol. The van der Waals surface area contributed by atoms with E-state index < -0.39 is 28.2 Å². The first-order valence-electron chi connectivity index (χ1n) is 5.45. The van der Waals surface area contributed by atoms with Crippen molar-refractivity contribution in [1.29, 1.82) is 0 Å². The molecule has 1 aromatic rings. The zero-order valence-corrected chi connectivity index (χ0v) is 13.4. The fourth-order valence-electron chi connectivity index (χ4n) is 1.84. The molecule has 1 aliphatic rings. The highest BCUT2D eigenvalue weighted by molar-refractivity contribution is 7.89. The van der Waals surface area contributed by atoms with Crippen LogP contribution in [-0.2, 0) is 19.6 Å². The van der Waals surface area contributed by atoms with Gasteiger partial charge in [0.1, 0.15) is 15.8 Å². The number of aliphatic carboxylic acids is 1. The third kappa shape index (κ3) is 3.10. The number of carbonyl (C=O) groups is 1. The Morgan fingerprint density at radius 3 is 2.60 bits per heavy atom. The Morgan fingerprint density at radius 2 is 2.15 bits per heavy atom. The van der Waals surface area contributed by atoms with Gasteiger partial charge in [0.2, 0.25) is 10.0 Å². The minimum Gasteiger partial charge on any atom is -0.480 e. The standard InChI is InChI=1S/C10H11Cl2NO5S2/c1-10(18-3-8(14)15)4-13(5-10)20(16,17)6-2-7(11)19-9(6)12/h2H,3-5H2,1H3,(H,14,15). The zero-order valence-electron chi connectivity index (χ0n) is 10.3. The highest BCUT2D eigenvalue weighted by Crippen LogP contribution is 2.38. The van der Waals surface area contributed by atoms with Gasteiger partial charge < -0.3 is 9.84 Å². The first-order valence-corrected chi connectivity index (χ1v) is 8.46. The molecule has 6 nitrogen and oxygen atoms in total. The Kier molecular flexibility index (Phi) is 4.35. The largest absolute Gasteiger partial charge is 0.480 e. The van der Waals surface area contributed by atoms with E-state index in [-0.39, 0.29) is 22.3 Å². The van der Waals surface area contributed by atoms with Crippen LogP contribution in [0, 0.1) is 0 Å². The topological polar surface area (TPSA) is 83.9 Å². The van der Waals surface area contributed by atoms with Gasteiger partial charge in [0.05, 0.1) is 9.94 Å². The Morgan fingerprint density at radius 1 is 1.55 bits per heavy atom. The predicted octanol–water partition coefficient (Wildman–Crippen LogP) is 1.92. The van der Waals surface area contributed by atoms with E-state index in [0.29, 0.717) is 4.34 Å². The van der Waals surface area contributed by atoms with Gasteiger partial charge in [0.25, 0.3) is 0 Å². The fourth-order valence-corrected chi connectivity index (χ4v) is 5.61. The SMILES string of the molecule is CC1(OCC(=O)O)CN(S(=O)(=O)c2cc(Cl)sc2Cl)C1. The van der Waals surface area contributed by atoms with Gasteiger partial charge in [-0.3, -0.25) is 0 Å². The number of carboxylic acid groups (broad SMARTS) is 1. The van der Waals surface area contributed by atoms with Gasteiger partial charge in [-0.1, -0.05) is 23.2 Å². The number of nitrogens with zero attached hydrogens (tertiary/aromatic N) is 1. The molecule has 1 aromatic heterocycles. The van der Waals surface area contributed by atoms with E-state index in [4.69, 9.17) is 33.0 Å². The van der Waals surface area contributed by atoms with Crippen molar-refractivity contribution in [3.63, 3.8) is 0 Å². The second-order valence-corrected chi connectivity index (χ2v) is 8.79. The fraction of sp³-hybridized carbons (Fsp3) is 0.500. The molecule has 20 heavy (non-hydrogen) atoms. The normalized spacial score (nSPS) is 18.8. The van der Waals surface area contributed by atoms with Crippen molar-refractivity contribution in [3.8, 4) is 0 Å². The summed E-state index contributed by atoms with van der Waals surface area (Å²) in [6.07, 6.45) is 0. The summed E-state index contributed by atoms with van der Waals surface area (Å²) in [6, 6.07) is 1.30. The molecule has 0 aliphatic carbocycles. The van der Waals surface area contributed by atoms with E-state index in [1.807, 2.05) is 0 Å². The number of rotatable bonds is 5. The third-order valence-corrected chi connectivity index (χ3v) is 6.35. The van der Waals surface area contributed by atoms with E-state index in [0.717, 1.165) is 11.3 Å². The molecular formula is C10H11Cl2NO5S2. The van der Waals surface area contributed by atoms with Crippen LogP contribution in [0.25, 0.3) is 0 Å². The number of thiophene rings is 1. The maximum atomic E-state index is 12.3. The smallest absolute Gasteiger partial charge is 0.329 e. The van der Waals surface area contributed by atoms with Crippen LogP contribution >= 0.6 is 34.5 Å². The minimum atomic E-state index is -3.72. The molecule has 1 aliphatic heterocycles. The summed E-state index contributed by atoms with van der Waals surface area (Å²) >= 11 is 12.6. The first kappa shape index (κ1) is 16.0. The monoisotopic (exact) mass is 359 g/mol. The summed E-state index contributed by atoms with van der Waals surface area (Å²) in [7, 11) is -3.72. The Labute approximate surface area is 129 Å². The molecule has 0 aromatic carbocycles. The van der Waals surface area contributed by atoms with Crippen LogP contribution in [-0.4, -0.2) is 49.1 Å². The summed E-state index contributed by atoms with van der Waals surface area (Å²) in [5, 5.41) is 8.55. The van der Waals surface area contributed by atoms with Crippen LogP contribution in [0.3, 0.4) is 0 Å². The van der Waals surface area contributed by atoms with E-state index >= 15 is 0 Å². The highest BCUT2D eigenvalue weighted by Gasteiger charge is 2.47. The Bertz CT molecular complexity index is 636.